The molecule has 2 saturated carbocycles. The zero-order valence-corrected chi connectivity index (χ0v) is 39.1. The standard InChI is InChI=1S/C50H56N10O7S/c1-49(2,66)34-17-37-39(18-36(34)53-44(62)33-21-52-59-15-13-40(55-43(33)59)58-23-31-16-30(58)24-67-31)68-46(54-37)29-8-6-27(7-9-29)22-57-25-50(26-57)19-28(20-50)12-14-51-35-5-3-4-32-42(35)48(65)60(47(32)64)38-10-11-41(61)56-45(38)63/h3-5,13,15,17-18,21,27-31,38,51,66H,6-12,14,16,19-20,22-26H2,1-2H3,(H,53,62)(H,56,61,63)/t27?,29?,30-,31-,38?/m1/s1. The predicted molar refractivity (Wildman–Crippen MR) is 254 cm³/mol. The van der Waals surface area contributed by atoms with E-state index in [2.05, 4.69) is 30.8 Å². The Bertz CT molecular complexity index is 2900. The lowest BCUT2D eigenvalue weighted by atomic mass is 9.57. The molecule has 18 heteroatoms. The van der Waals surface area contributed by atoms with Crippen LogP contribution in [0, 0.1) is 17.3 Å². The molecule has 0 radical (unpaired) electrons. The van der Waals surface area contributed by atoms with Crippen molar-refractivity contribution >= 4 is 73.9 Å². The van der Waals surface area contributed by atoms with E-state index in [-0.39, 0.29) is 24.9 Å². The van der Waals surface area contributed by atoms with Crippen LogP contribution in [0.1, 0.15) is 126 Å². The molecule has 5 amide bonds. The van der Waals surface area contributed by atoms with Crippen LogP contribution in [0.2, 0.25) is 0 Å². The van der Waals surface area contributed by atoms with Gasteiger partial charge in [-0.1, -0.05) is 6.07 Å². The fourth-order valence-corrected chi connectivity index (χ4v) is 13.7. The number of fused-ring (bicyclic) bond motifs is 5. The molecule has 5 aliphatic heterocycles. The van der Waals surface area contributed by atoms with Crippen molar-refractivity contribution in [1.29, 1.82) is 0 Å². The number of hydrogen-bond acceptors (Lipinski definition) is 14. The van der Waals surface area contributed by atoms with Gasteiger partial charge in [-0.15, -0.1) is 11.3 Å². The highest BCUT2D eigenvalue weighted by atomic mass is 32.1. The van der Waals surface area contributed by atoms with Crippen molar-refractivity contribution in [2.75, 3.05) is 54.9 Å². The fraction of sp³-hybridized carbons (Fsp3) is 0.520. The molecule has 5 aromatic rings. The molecule has 17 nitrogen and oxygen atoms in total. The van der Waals surface area contributed by atoms with Gasteiger partial charge < -0.3 is 30.3 Å². The van der Waals surface area contributed by atoms with Gasteiger partial charge in [0.05, 0.1) is 56.9 Å². The van der Waals surface area contributed by atoms with Gasteiger partial charge in [0, 0.05) is 68.2 Å². The third-order valence-corrected chi connectivity index (χ3v) is 17.0. The number of nitrogens with zero attached hydrogens (tertiary/aromatic N) is 7. The van der Waals surface area contributed by atoms with E-state index in [0.717, 1.165) is 77.8 Å². The molecule has 6 fully saturated rings. The number of nitrogens with one attached hydrogen (secondary N) is 3. The topological polar surface area (TPSA) is 204 Å². The minimum atomic E-state index is -1.23. The number of aliphatic hydroxyl groups is 1. The Balaban J connectivity index is 0.620. The molecule has 2 bridgehead atoms. The number of benzene rings is 2. The van der Waals surface area contributed by atoms with Gasteiger partial charge in [0.2, 0.25) is 11.8 Å². The van der Waals surface area contributed by atoms with Crippen molar-refractivity contribution in [1.82, 2.24) is 34.7 Å². The molecule has 12 rings (SSSR count). The van der Waals surface area contributed by atoms with Gasteiger partial charge >= 0.3 is 0 Å². The van der Waals surface area contributed by atoms with Crippen LogP contribution in [-0.2, 0) is 19.9 Å². The van der Waals surface area contributed by atoms with Crippen LogP contribution in [-0.4, -0.2) is 122 Å². The lowest BCUT2D eigenvalue weighted by Gasteiger charge is -2.60. The molecule has 2 aromatic carbocycles. The van der Waals surface area contributed by atoms with Crippen LogP contribution in [0.5, 0.6) is 0 Å². The molecule has 2 aliphatic carbocycles. The summed E-state index contributed by atoms with van der Waals surface area (Å²) >= 11 is 1.69. The second-order valence-corrected chi connectivity index (χ2v) is 22.2. The zero-order chi connectivity index (χ0) is 46.6. The molecule has 1 unspecified atom stereocenters. The Morgan fingerprint density at radius 2 is 1.82 bits per heavy atom. The van der Waals surface area contributed by atoms with Crippen molar-refractivity contribution in [3.63, 3.8) is 0 Å². The number of aromatic nitrogens is 4. The Labute approximate surface area is 397 Å². The third-order valence-electron chi connectivity index (χ3n) is 15.9. The maximum absolute atomic E-state index is 13.9. The molecule has 3 atom stereocenters. The van der Waals surface area contributed by atoms with Crippen molar-refractivity contribution in [2.24, 2.45) is 17.3 Å². The van der Waals surface area contributed by atoms with Crippen LogP contribution < -0.4 is 20.9 Å². The molecule has 7 aliphatic rings. The first-order valence-electron chi connectivity index (χ1n) is 24.3. The largest absolute Gasteiger partial charge is 0.386 e. The first kappa shape index (κ1) is 43.5. The maximum atomic E-state index is 13.9. The number of anilines is 3. The molecular weight excluding hydrogens is 885 g/mol. The number of thiazole rings is 1. The molecule has 8 heterocycles. The first-order valence-corrected chi connectivity index (χ1v) is 25.1. The maximum Gasteiger partial charge on any atom is 0.264 e. The molecule has 1 spiro atoms. The van der Waals surface area contributed by atoms with Crippen LogP contribution >= 0.6 is 11.3 Å². The van der Waals surface area contributed by atoms with Crippen molar-refractivity contribution in [3.8, 4) is 0 Å². The summed E-state index contributed by atoms with van der Waals surface area (Å²) in [7, 11) is 0. The highest BCUT2D eigenvalue weighted by Crippen LogP contribution is 2.53. The number of hydrogen-bond donors (Lipinski definition) is 4. The second-order valence-electron chi connectivity index (χ2n) is 21.1. The minimum absolute atomic E-state index is 0.0907. The summed E-state index contributed by atoms with van der Waals surface area (Å²) in [6, 6.07) is 10.3. The van der Waals surface area contributed by atoms with Crippen LogP contribution in [0.15, 0.2) is 48.8 Å². The second kappa shape index (κ2) is 16.4. The lowest BCUT2D eigenvalue weighted by molar-refractivity contribution is -0.136. The van der Waals surface area contributed by atoms with Crippen LogP contribution in [0.25, 0.3) is 15.9 Å². The lowest BCUT2D eigenvalue weighted by Crippen LogP contribution is -2.63. The van der Waals surface area contributed by atoms with E-state index < -0.39 is 35.3 Å². The SMILES string of the molecule is CC(C)(O)c1cc2nc(C3CCC(CN4CC5(CC(CCNc6cccc7c6C(=O)N(C6CCC(=O)NC6=O)C7=O)C5)C4)CC3)sc2cc1NC(=O)c1cnn2ccc(N3C[C@H]4C[C@@H]3CO4)nc12. The van der Waals surface area contributed by atoms with Gasteiger partial charge in [0.15, 0.2) is 5.65 Å². The smallest absolute Gasteiger partial charge is 0.264 e. The Morgan fingerprint density at radius 1 is 1.00 bits per heavy atom. The van der Waals surface area contributed by atoms with E-state index in [1.54, 1.807) is 48.0 Å². The van der Waals surface area contributed by atoms with Crippen molar-refractivity contribution in [3.05, 3.63) is 76.1 Å². The van der Waals surface area contributed by atoms with E-state index in [4.69, 9.17) is 14.7 Å². The number of carbonyl (C=O) groups is 5. The van der Waals surface area contributed by atoms with Gasteiger partial charge in [-0.25, -0.2) is 14.5 Å². The number of imide groups is 2. The Hall–Kier alpha value is -5.82. The quantitative estimate of drug-likeness (QED) is 0.111. The molecule has 354 valence electrons. The van der Waals surface area contributed by atoms with Gasteiger partial charge in [0.1, 0.15) is 17.4 Å². The summed E-state index contributed by atoms with van der Waals surface area (Å²) in [5.74, 6) is 0.164. The zero-order valence-electron chi connectivity index (χ0n) is 38.3. The summed E-state index contributed by atoms with van der Waals surface area (Å²) in [6.07, 6.45) is 12.7. The molecule has 4 N–H and O–H groups in total. The number of carbonyl (C=O) groups excluding carboxylic acids is 5. The van der Waals surface area contributed by atoms with Crippen LogP contribution in [0.4, 0.5) is 17.2 Å². The van der Waals surface area contributed by atoms with E-state index >= 15 is 0 Å². The van der Waals surface area contributed by atoms with E-state index in [0.29, 0.717) is 81.6 Å². The first-order chi connectivity index (χ1) is 32.8. The monoisotopic (exact) mass is 940 g/mol. The van der Waals surface area contributed by atoms with E-state index in [1.807, 2.05) is 30.5 Å². The van der Waals surface area contributed by atoms with Gasteiger partial charge in [-0.05, 0) is 119 Å². The van der Waals surface area contributed by atoms with Crippen molar-refractivity contribution < 1.29 is 33.8 Å². The summed E-state index contributed by atoms with van der Waals surface area (Å²) in [6.45, 7) is 9.07. The number of ether oxygens (including phenoxy) is 1. The minimum Gasteiger partial charge on any atom is -0.386 e. The van der Waals surface area contributed by atoms with Gasteiger partial charge in [-0.3, -0.25) is 34.2 Å². The summed E-state index contributed by atoms with van der Waals surface area (Å²) < 4.78 is 8.39. The average molecular weight is 941 g/mol. The molecule has 3 aromatic heterocycles. The third kappa shape index (κ3) is 7.63. The number of rotatable bonds is 12. The normalized spacial score (nSPS) is 25.9. The molecule has 68 heavy (non-hydrogen) atoms. The predicted octanol–water partition coefficient (Wildman–Crippen LogP) is 5.69. The van der Waals surface area contributed by atoms with E-state index in [9.17, 15) is 29.1 Å². The van der Waals surface area contributed by atoms with Gasteiger partial charge in [0.25, 0.3) is 17.7 Å². The number of piperidine rings is 1. The number of amides is 5. The number of morpholine rings is 1. The highest BCUT2D eigenvalue weighted by Gasteiger charge is 2.52. The summed E-state index contributed by atoms with van der Waals surface area (Å²) in [4.78, 5) is 80.8. The highest BCUT2D eigenvalue weighted by molar-refractivity contribution is 7.18. The van der Waals surface area contributed by atoms with E-state index in [1.165, 1.54) is 25.7 Å². The number of likely N-dealkylation sites (tertiary alicyclic amines) is 1. The Morgan fingerprint density at radius 3 is 2.57 bits per heavy atom. The molecular formula is C50H56N10O7S. The summed E-state index contributed by atoms with van der Waals surface area (Å²) in [5.41, 5.74) is 3.23. The molecule has 4 saturated heterocycles. The Kier molecular flexibility index (Phi) is 10.5. The van der Waals surface area contributed by atoms with Gasteiger partial charge in [-0.2, -0.15) is 5.10 Å². The fourth-order valence-electron chi connectivity index (χ4n) is 12.5. The average Bonchev–Trinajstić information content (AvgIpc) is 4.14. The summed E-state index contributed by atoms with van der Waals surface area (Å²) in [5, 5.41) is 25.6. The van der Waals surface area contributed by atoms with Crippen LogP contribution in [0.3, 0.4) is 0 Å². The van der Waals surface area contributed by atoms with Crippen molar-refractivity contribution in [2.45, 2.75) is 108 Å².